The van der Waals surface area contributed by atoms with Crippen LogP contribution in [0.2, 0.25) is 0 Å². The molecule has 0 aliphatic carbocycles. The van der Waals surface area contributed by atoms with E-state index in [1.165, 1.54) is 12.1 Å². The number of benzene rings is 2. The average Bonchev–Trinajstić information content (AvgIpc) is 2.90. The fraction of sp³-hybridized carbons (Fsp3) is 0.300. The fourth-order valence-electron chi connectivity index (χ4n) is 2.67. The van der Waals surface area contributed by atoms with Crippen molar-refractivity contribution in [1.29, 1.82) is 0 Å². The lowest BCUT2D eigenvalue weighted by molar-refractivity contribution is 0.0543. The predicted molar refractivity (Wildman–Crippen MR) is 97.3 cm³/mol. The van der Waals surface area contributed by atoms with E-state index in [1.807, 2.05) is 13.8 Å². The van der Waals surface area contributed by atoms with E-state index >= 15 is 0 Å². The highest BCUT2D eigenvalue weighted by molar-refractivity contribution is 6.21. The molecule has 0 saturated heterocycles. The normalized spacial score (nSPS) is 13.9. The lowest BCUT2D eigenvalue weighted by Crippen LogP contribution is -2.41. The van der Waals surface area contributed by atoms with Gasteiger partial charge in [-0.15, -0.1) is 0 Å². The highest BCUT2D eigenvalue weighted by Gasteiger charge is 2.35. The van der Waals surface area contributed by atoms with Gasteiger partial charge in [0.2, 0.25) is 0 Å². The summed E-state index contributed by atoms with van der Waals surface area (Å²) in [5, 5.41) is 13.1. The third-order valence-corrected chi connectivity index (χ3v) is 3.89. The van der Waals surface area contributed by atoms with E-state index in [0.717, 1.165) is 10.5 Å². The molecule has 5 nitrogen and oxygen atoms in total. The number of carbonyl (C=O) groups is 2. The molecule has 2 N–H and O–H groups in total. The van der Waals surface area contributed by atoms with E-state index in [0.29, 0.717) is 17.7 Å². The summed E-state index contributed by atoms with van der Waals surface area (Å²) in [5.74, 6) is -1.06. The number of hydrogen-bond acceptors (Lipinski definition) is 4. The first kappa shape index (κ1) is 19.8. The molecule has 1 aliphatic rings. The molecule has 2 aromatic carbocycles. The Morgan fingerprint density at radius 2 is 1.54 bits per heavy atom. The Bertz CT molecular complexity index is 727. The van der Waals surface area contributed by atoms with Crippen LogP contribution < -0.4 is 5.32 Å². The van der Waals surface area contributed by atoms with E-state index in [1.54, 1.807) is 36.4 Å². The third kappa shape index (κ3) is 4.53. The second-order valence-electron chi connectivity index (χ2n) is 5.68. The number of fused-ring (bicyclic) bond motifs is 1. The molecule has 0 bridgehead atoms. The minimum absolute atomic E-state index is 0.0667. The molecule has 0 saturated carbocycles. The zero-order chi connectivity index (χ0) is 19.1. The summed E-state index contributed by atoms with van der Waals surface area (Å²) in [5.41, 5.74) is 1.62. The number of nitrogens with zero attached hydrogens (tertiary/aromatic N) is 1. The van der Waals surface area contributed by atoms with Crippen LogP contribution in [0.4, 0.5) is 4.39 Å². The molecule has 6 heteroatoms. The van der Waals surface area contributed by atoms with Gasteiger partial charge >= 0.3 is 0 Å². The van der Waals surface area contributed by atoms with Crippen molar-refractivity contribution in [3.05, 3.63) is 71.0 Å². The molecule has 1 aliphatic heterocycles. The molecule has 1 heterocycles. The van der Waals surface area contributed by atoms with Crippen LogP contribution >= 0.6 is 0 Å². The van der Waals surface area contributed by atoms with Crippen molar-refractivity contribution in [3.8, 4) is 0 Å². The molecular formula is C20H23FN2O3. The van der Waals surface area contributed by atoms with Gasteiger partial charge in [0.05, 0.1) is 23.8 Å². The molecule has 3 rings (SSSR count). The number of halogens is 1. The average molecular weight is 358 g/mol. The predicted octanol–water partition coefficient (Wildman–Crippen LogP) is 2.60. The summed E-state index contributed by atoms with van der Waals surface area (Å²) < 4.78 is 12.8. The second-order valence-corrected chi connectivity index (χ2v) is 5.68. The minimum Gasteiger partial charge on any atom is -0.390 e. The molecule has 0 radical (unpaired) electrons. The summed E-state index contributed by atoms with van der Waals surface area (Å²) >= 11 is 0. The highest BCUT2D eigenvalue weighted by Crippen LogP contribution is 2.22. The zero-order valence-corrected chi connectivity index (χ0v) is 14.9. The smallest absolute Gasteiger partial charge is 0.261 e. The quantitative estimate of drug-likeness (QED) is 0.779. The Balaban J connectivity index is 0.00000117. The van der Waals surface area contributed by atoms with Crippen LogP contribution in [-0.4, -0.2) is 41.0 Å². The molecule has 1 unspecified atom stereocenters. The van der Waals surface area contributed by atoms with Gasteiger partial charge in [0.15, 0.2) is 0 Å². The molecule has 138 valence electrons. The summed E-state index contributed by atoms with van der Waals surface area (Å²) in [7, 11) is 0. The maximum atomic E-state index is 12.8. The third-order valence-electron chi connectivity index (χ3n) is 3.89. The Kier molecular flexibility index (Phi) is 7.00. The van der Waals surface area contributed by atoms with Crippen molar-refractivity contribution in [2.45, 2.75) is 26.5 Å². The maximum absolute atomic E-state index is 12.8. The van der Waals surface area contributed by atoms with Crippen LogP contribution in [0.15, 0.2) is 48.5 Å². The first-order valence-corrected chi connectivity index (χ1v) is 8.64. The van der Waals surface area contributed by atoms with Crippen LogP contribution in [0.1, 0.15) is 40.1 Å². The number of nitrogens with one attached hydrogen (secondary N) is 1. The monoisotopic (exact) mass is 358 g/mol. The van der Waals surface area contributed by atoms with Gasteiger partial charge in [0, 0.05) is 13.1 Å². The Hall–Kier alpha value is -2.57. The summed E-state index contributed by atoms with van der Waals surface area (Å²) in [6.45, 7) is 4.60. The summed E-state index contributed by atoms with van der Waals surface area (Å²) in [6, 6.07) is 12.7. The van der Waals surface area contributed by atoms with Gasteiger partial charge in [-0.25, -0.2) is 4.39 Å². The number of aliphatic hydroxyl groups is 1. The summed E-state index contributed by atoms with van der Waals surface area (Å²) in [4.78, 5) is 25.5. The van der Waals surface area contributed by atoms with Crippen LogP contribution in [0.3, 0.4) is 0 Å². The van der Waals surface area contributed by atoms with E-state index in [4.69, 9.17) is 0 Å². The van der Waals surface area contributed by atoms with Crippen LogP contribution in [0, 0.1) is 5.82 Å². The number of carbonyl (C=O) groups excluding carboxylic acids is 2. The summed E-state index contributed by atoms with van der Waals surface area (Å²) in [6.07, 6.45) is -0.882. The molecule has 2 amide bonds. The standard InChI is InChI=1S/C18H17FN2O3.C2H6/c19-13-7-5-12(6-8-13)9-20-10-14(22)11-21-17(23)15-3-1-2-4-16(15)18(21)24;1-2/h1-8,14,20,22H,9-11H2;1-2H3. The first-order chi connectivity index (χ1) is 12.6. The number of rotatable bonds is 6. The van der Waals surface area contributed by atoms with Crippen molar-refractivity contribution in [2.24, 2.45) is 0 Å². The van der Waals surface area contributed by atoms with E-state index in [2.05, 4.69) is 5.32 Å². The van der Waals surface area contributed by atoms with Crippen molar-refractivity contribution >= 4 is 11.8 Å². The van der Waals surface area contributed by atoms with E-state index in [-0.39, 0.29) is 30.7 Å². The minimum atomic E-state index is -0.882. The Morgan fingerprint density at radius 1 is 1.00 bits per heavy atom. The largest absolute Gasteiger partial charge is 0.390 e. The number of aliphatic hydroxyl groups excluding tert-OH is 1. The zero-order valence-electron chi connectivity index (χ0n) is 14.9. The molecular weight excluding hydrogens is 335 g/mol. The van der Waals surface area contributed by atoms with E-state index in [9.17, 15) is 19.1 Å². The number of amides is 2. The molecule has 2 aromatic rings. The lowest BCUT2D eigenvalue weighted by atomic mass is 10.1. The SMILES string of the molecule is CC.O=C1c2ccccc2C(=O)N1CC(O)CNCc1ccc(F)cc1. The van der Waals surface area contributed by atoms with Crippen LogP contribution in [0.5, 0.6) is 0 Å². The van der Waals surface area contributed by atoms with E-state index < -0.39 is 6.10 Å². The molecule has 0 aromatic heterocycles. The topological polar surface area (TPSA) is 69.6 Å². The van der Waals surface area contributed by atoms with Crippen molar-refractivity contribution < 1.29 is 19.1 Å². The Morgan fingerprint density at radius 3 is 2.08 bits per heavy atom. The van der Waals surface area contributed by atoms with Gasteiger partial charge in [0.1, 0.15) is 5.82 Å². The number of imide groups is 1. The second kappa shape index (κ2) is 9.22. The van der Waals surface area contributed by atoms with Gasteiger partial charge in [0.25, 0.3) is 11.8 Å². The number of β-amino-alcohol motifs (C(OH)–C–C–N with tert-alkyl or cyclic N) is 1. The Labute approximate surface area is 152 Å². The molecule has 1 atom stereocenters. The first-order valence-electron chi connectivity index (χ1n) is 8.64. The molecule has 0 fully saturated rings. The van der Waals surface area contributed by atoms with Gasteiger partial charge in [-0.1, -0.05) is 38.1 Å². The lowest BCUT2D eigenvalue weighted by Gasteiger charge is -2.19. The van der Waals surface area contributed by atoms with Crippen molar-refractivity contribution in [2.75, 3.05) is 13.1 Å². The van der Waals surface area contributed by atoms with Crippen LogP contribution in [0.25, 0.3) is 0 Å². The highest BCUT2D eigenvalue weighted by atomic mass is 19.1. The fourth-order valence-corrected chi connectivity index (χ4v) is 2.67. The molecule has 0 spiro atoms. The van der Waals surface area contributed by atoms with Crippen molar-refractivity contribution in [3.63, 3.8) is 0 Å². The van der Waals surface area contributed by atoms with Gasteiger partial charge in [-0.3, -0.25) is 14.5 Å². The van der Waals surface area contributed by atoms with Gasteiger partial charge in [-0.05, 0) is 29.8 Å². The van der Waals surface area contributed by atoms with Gasteiger partial charge < -0.3 is 10.4 Å². The maximum Gasteiger partial charge on any atom is 0.261 e. The van der Waals surface area contributed by atoms with Crippen LogP contribution in [-0.2, 0) is 6.54 Å². The van der Waals surface area contributed by atoms with Crippen molar-refractivity contribution in [1.82, 2.24) is 10.2 Å². The van der Waals surface area contributed by atoms with Gasteiger partial charge in [-0.2, -0.15) is 0 Å². The molecule has 26 heavy (non-hydrogen) atoms. The number of hydrogen-bond donors (Lipinski definition) is 2.